The molecule has 0 aromatic heterocycles. The maximum Gasteiger partial charge on any atom is 0.191 e. The summed E-state index contributed by atoms with van der Waals surface area (Å²) in [6, 6.07) is 0. The maximum atomic E-state index is 6.15. The lowest BCUT2D eigenvalue weighted by Gasteiger charge is -2.48. The summed E-state index contributed by atoms with van der Waals surface area (Å²) in [5, 5.41) is 0. The van der Waals surface area contributed by atoms with E-state index in [1.54, 1.807) is 0 Å². The molecule has 2 aliphatic carbocycles. The molecular formula is C16H29N3. The molecule has 1 aliphatic heterocycles. The van der Waals surface area contributed by atoms with Crippen LogP contribution in [0.2, 0.25) is 0 Å². The van der Waals surface area contributed by atoms with Crippen LogP contribution in [0.3, 0.4) is 0 Å². The van der Waals surface area contributed by atoms with Crippen molar-refractivity contribution in [3.63, 3.8) is 0 Å². The highest BCUT2D eigenvalue weighted by Gasteiger charge is 2.49. The van der Waals surface area contributed by atoms with Gasteiger partial charge in [0.05, 0.1) is 12.1 Å². The van der Waals surface area contributed by atoms with E-state index in [-0.39, 0.29) is 5.54 Å². The van der Waals surface area contributed by atoms with Crippen molar-refractivity contribution in [1.82, 2.24) is 4.90 Å². The van der Waals surface area contributed by atoms with Gasteiger partial charge >= 0.3 is 0 Å². The fraction of sp³-hybridized carbons (Fsp3) is 0.938. The van der Waals surface area contributed by atoms with Crippen LogP contribution in [0.1, 0.15) is 65.2 Å². The summed E-state index contributed by atoms with van der Waals surface area (Å²) in [7, 11) is 0. The lowest BCUT2D eigenvalue weighted by atomic mass is 9.66. The van der Waals surface area contributed by atoms with Crippen LogP contribution in [-0.4, -0.2) is 29.5 Å². The average molecular weight is 263 g/mol. The first-order valence-corrected chi connectivity index (χ1v) is 8.13. The van der Waals surface area contributed by atoms with Crippen LogP contribution in [0.15, 0.2) is 4.99 Å². The zero-order valence-corrected chi connectivity index (χ0v) is 12.6. The Labute approximate surface area is 117 Å². The monoisotopic (exact) mass is 263 g/mol. The van der Waals surface area contributed by atoms with Crippen LogP contribution in [0.4, 0.5) is 0 Å². The fourth-order valence-corrected chi connectivity index (χ4v) is 4.59. The largest absolute Gasteiger partial charge is 0.370 e. The molecule has 3 nitrogen and oxygen atoms in total. The van der Waals surface area contributed by atoms with Crippen LogP contribution in [0.5, 0.6) is 0 Å². The fourth-order valence-electron chi connectivity index (χ4n) is 4.59. The molecule has 0 aromatic carbocycles. The molecule has 1 heterocycles. The first kappa shape index (κ1) is 13.3. The number of nitrogens with two attached hydrogens (primary N) is 1. The van der Waals surface area contributed by atoms with Gasteiger partial charge < -0.3 is 10.6 Å². The van der Waals surface area contributed by atoms with Crippen molar-refractivity contribution in [2.45, 2.75) is 70.8 Å². The van der Waals surface area contributed by atoms with Gasteiger partial charge in [0.15, 0.2) is 5.96 Å². The Bertz CT molecular complexity index is 356. The van der Waals surface area contributed by atoms with E-state index in [2.05, 4.69) is 23.7 Å². The van der Waals surface area contributed by atoms with Crippen molar-refractivity contribution in [2.24, 2.45) is 22.1 Å². The summed E-state index contributed by atoms with van der Waals surface area (Å²) in [5.41, 5.74) is 7.13. The van der Waals surface area contributed by atoms with Crippen molar-refractivity contribution in [1.29, 1.82) is 0 Å². The van der Waals surface area contributed by atoms with Gasteiger partial charge in [0.1, 0.15) is 0 Å². The molecule has 3 heteroatoms. The standard InChI is InChI=1S/C16H29N3/c1-13(2)11-19-14(17)18-12-16(19)9-7-15(8-10-16)5-3-4-6-15/h13H,3-12H2,1-2H3,(H2,17,18). The van der Waals surface area contributed by atoms with Gasteiger partial charge in [-0.1, -0.05) is 26.7 Å². The second kappa shape index (κ2) is 4.68. The first-order chi connectivity index (χ1) is 9.05. The van der Waals surface area contributed by atoms with Crippen molar-refractivity contribution < 1.29 is 0 Å². The van der Waals surface area contributed by atoms with E-state index in [9.17, 15) is 0 Å². The average Bonchev–Trinajstić information content (AvgIpc) is 2.94. The molecular weight excluding hydrogens is 234 g/mol. The van der Waals surface area contributed by atoms with Crippen molar-refractivity contribution in [3.8, 4) is 0 Å². The SMILES string of the molecule is CC(C)CN1C(N)=NCC12CCC1(CCCC1)CC2. The van der Waals surface area contributed by atoms with Gasteiger partial charge in [-0.2, -0.15) is 0 Å². The quantitative estimate of drug-likeness (QED) is 0.831. The van der Waals surface area contributed by atoms with E-state index in [0.29, 0.717) is 11.3 Å². The van der Waals surface area contributed by atoms with Crippen LogP contribution in [0, 0.1) is 11.3 Å². The highest BCUT2D eigenvalue weighted by Crippen LogP contribution is 2.53. The molecule has 0 radical (unpaired) electrons. The molecule has 2 fully saturated rings. The molecule has 108 valence electrons. The summed E-state index contributed by atoms with van der Waals surface area (Å²) in [6.45, 7) is 6.57. The Kier molecular flexibility index (Phi) is 3.26. The topological polar surface area (TPSA) is 41.6 Å². The van der Waals surface area contributed by atoms with E-state index in [4.69, 9.17) is 5.73 Å². The smallest absolute Gasteiger partial charge is 0.191 e. The van der Waals surface area contributed by atoms with Gasteiger partial charge in [0.2, 0.25) is 0 Å². The lowest BCUT2D eigenvalue weighted by molar-refractivity contribution is 0.0617. The number of guanidine groups is 1. The summed E-state index contributed by atoms with van der Waals surface area (Å²) in [5.74, 6) is 1.46. The van der Waals surface area contributed by atoms with Crippen LogP contribution >= 0.6 is 0 Å². The second-order valence-corrected chi connectivity index (χ2v) is 7.61. The minimum atomic E-state index is 0.280. The Morgan fingerprint density at radius 1 is 1.11 bits per heavy atom. The predicted molar refractivity (Wildman–Crippen MR) is 80.1 cm³/mol. The van der Waals surface area contributed by atoms with Gasteiger partial charge in [0, 0.05) is 6.54 Å². The number of nitrogens with zero attached hydrogens (tertiary/aromatic N) is 2. The molecule has 0 amide bonds. The van der Waals surface area contributed by atoms with Crippen LogP contribution in [-0.2, 0) is 0 Å². The van der Waals surface area contributed by atoms with Gasteiger partial charge in [-0.15, -0.1) is 0 Å². The van der Waals surface area contributed by atoms with Gasteiger partial charge in [-0.25, -0.2) is 0 Å². The third kappa shape index (κ3) is 2.25. The zero-order chi connectivity index (χ0) is 13.5. The zero-order valence-electron chi connectivity index (χ0n) is 12.6. The van der Waals surface area contributed by atoms with Crippen LogP contribution in [0.25, 0.3) is 0 Å². The number of rotatable bonds is 2. The van der Waals surface area contributed by atoms with Crippen molar-refractivity contribution in [3.05, 3.63) is 0 Å². The molecule has 2 saturated carbocycles. The lowest BCUT2D eigenvalue weighted by Crippen LogP contribution is -2.55. The first-order valence-electron chi connectivity index (χ1n) is 8.13. The molecule has 3 rings (SSSR count). The van der Waals surface area contributed by atoms with E-state index >= 15 is 0 Å². The normalized spacial score (nSPS) is 28.6. The van der Waals surface area contributed by atoms with Gasteiger partial charge in [-0.05, 0) is 49.9 Å². The van der Waals surface area contributed by atoms with Gasteiger partial charge in [-0.3, -0.25) is 4.99 Å². The highest BCUT2D eigenvalue weighted by molar-refractivity contribution is 5.81. The van der Waals surface area contributed by atoms with Crippen molar-refractivity contribution >= 4 is 5.96 Å². The van der Waals surface area contributed by atoms with E-state index in [1.807, 2.05) is 0 Å². The molecule has 19 heavy (non-hydrogen) atoms. The molecule has 0 bridgehead atoms. The summed E-state index contributed by atoms with van der Waals surface area (Å²) >= 11 is 0. The molecule has 2 N–H and O–H groups in total. The highest BCUT2D eigenvalue weighted by atomic mass is 15.4. The third-order valence-corrected chi connectivity index (χ3v) is 5.84. The minimum absolute atomic E-state index is 0.280. The third-order valence-electron chi connectivity index (χ3n) is 5.84. The molecule has 2 spiro atoms. The Morgan fingerprint density at radius 2 is 1.74 bits per heavy atom. The Balaban J connectivity index is 1.71. The Hall–Kier alpha value is -0.730. The maximum absolute atomic E-state index is 6.15. The summed E-state index contributed by atoms with van der Waals surface area (Å²) < 4.78 is 0. The van der Waals surface area contributed by atoms with Crippen molar-refractivity contribution in [2.75, 3.05) is 13.1 Å². The number of hydrogen-bond donors (Lipinski definition) is 1. The van der Waals surface area contributed by atoms with Crippen LogP contribution < -0.4 is 5.73 Å². The summed E-state index contributed by atoms with van der Waals surface area (Å²) in [6.07, 6.45) is 11.3. The minimum Gasteiger partial charge on any atom is -0.370 e. The Morgan fingerprint density at radius 3 is 2.32 bits per heavy atom. The van der Waals surface area contributed by atoms with E-state index < -0.39 is 0 Å². The van der Waals surface area contributed by atoms with Gasteiger partial charge in [0.25, 0.3) is 0 Å². The molecule has 0 saturated heterocycles. The van der Waals surface area contributed by atoms with E-state index in [1.165, 1.54) is 51.4 Å². The molecule has 0 unspecified atom stereocenters. The predicted octanol–water partition coefficient (Wildman–Crippen LogP) is 3.15. The molecule has 0 aromatic rings. The number of aliphatic imine (C=N–C) groups is 1. The summed E-state index contributed by atoms with van der Waals surface area (Å²) in [4.78, 5) is 7.03. The molecule has 3 aliphatic rings. The second-order valence-electron chi connectivity index (χ2n) is 7.61. The number of hydrogen-bond acceptors (Lipinski definition) is 3. The van der Waals surface area contributed by atoms with E-state index in [0.717, 1.165) is 19.0 Å². The molecule has 0 atom stereocenters.